The van der Waals surface area contributed by atoms with Crippen molar-refractivity contribution in [2.75, 3.05) is 5.32 Å². The molecule has 102 valence electrons. The Bertz CT molecular complexity index is 752. The average molecular weight is 295 g/mol. The lowest BCUT2D eigenvalue weighted by Crippen LogP contribution is -2.05. The molecule has 3 rings (SSSR count). The number of alkyl halides is 3. The number of anilines is 2. The molecule has 2 heterocycles. The van der Waals surface area contributed by atoms with Gasteiger partial charge in [-0.05, 0) is 11.5 Å². The summed E-state index contributed by atoms with van der Waals surface area (Å²) in [4.78, 5) is 7.65. The fourth-order valence-corrected chi connectivity index (χ4v) is 2.45. The van der Waals surface area contributed by atoms with Crippen LogP contribution >= 0.6 is 11.3 Å². The summed E-state index contributed by atoms with van der Waals surface area (Å²) in [5.41, 5.74) is -0.897. The number of nitrogens with one attached hydrogen (secondary N) is 1. The van der Waals surface area contributed by atoms with Crippen LogP contribution < -0.4 is 5.32 Å². The van der Waals surface area contributed by atoms with Crippen molar-refractivity contribution in [3.8, 4) is 0 Å². The van der Waals surface area contributed by atoms with E-state index >= 15 is 0 Å². The van der Waals surface area contributed by atoms with E-state index in [-0.39, 0.29) is 5.13 Å². The molecular weight excluding hydrogens is 287 g/mol. The van der Waals surface area contributed by atoms with Gasteiger partial charge in [-0.3, -0.25) is 0 Å². The van der Waals surface area contributed by atoms with E-state index < -0.39 is 11.9 Å². The lowest BCUT2D eigenvalue weighted by atomic mass is 10.2. The summed E-state index contributed by atoms with van der Waals surface area (Å²) in [5, 5.41) is 5.85. The number of pyridine rings is 1. The number of aromatic nitrogens is 2. The number of hydrogen-bond donors (Lipinski definition) is 1. The van der Waals surface area contributed by atoms with Gasteiger partial charge in [-0.15, -0.1) is 11.3 Å². The van der Waals surface area contributed by atoms with E-state index in [2.05, 4.69) is 15.3 Å². The zero-order chi connectivity index (χ0) is 14.2. The van der Waals surface area contributed by atoms with Crippen molar-refractivity contribution in [3.05, 3.63) is 47.6 Å². The van der Waals surface area contributed by atoms with Gasteiger partial charge in [0, 0.05) is 17.0 Å². The molecule has 7 heteroatoms. The van der Waals surface area contributed by atoms with E-state index in [1.165, 1.54) is 0 Å². The van der Waals surface area contributed by atoms with Crippen molar-refractivity contribution in [2.24, 2.45) is 0 Å². The Hall–Kier alpha value is -2.15. The largest absolute Gasteiger partial charge is 0.434 e. The molecule has 0 radical (unpaired) electrons. The second-order valence-corrected chi connectivity index (χ2v) is 4.94. The van der Waals surface area contributed by atoms with E-state index in [1.807, 2.05) is 24.3 Å². The van der Waals surface area contributed by atoms with Crippen molar-refractivity contribution in [2.45, 2.75) is 6.18 Å². The maximum Gasteiger partial charge on any atom is 0.434 e. The van der Waals surface area contributed by atoms with Gasteiger partial charge >= 0.3 is 6.18 Å². The maximum absolute atomic E-state index is 12.4. The molecule has 0 aliphatic heterocycles. The molecule has 0 amide bonds. The van der Waals surface area contributed by atoms with E-state index in [9.17, 15) is 13.2 Å². The van der Waals surface area contributed by atoms with Crippen LogP contribution in [0.2, 0.25) is 0 Å². The number of thiazole rings is 1. The zero-order valence-electron chi connectivity index (χ0n) is 9.98. The van der Waals surface area contributed by atoms with Gasteiger partial charge in [-0.2, -0.15) is 13.2 Å². The average Bonchev–Trinajstić information content (AvgIpc) is 2.87. The number of fused-ring (bicyclic) bond motifs is 1. The first kappa shape index (κ1) is 12.9. The molecule has 0 saturated carbocycles. The summed E-state index contributed by atoms with van der Waals surface area (Å²) in [6, 6.07) is 9.37. The van der Waals surface area contributed by atoms with Crippen molar-refractivity contribution in [1.29, 1.82) is 0 Å². The van der Waals surface area contributed by atoms with E-state index in [0.717, 1.165) is 27.5 Å². The summed E-state index contributed by atoms with van der Waals surface area (Å²) >= 11 is 0.894. The van der Waals surface area contributed by atoms with Gasteiger partial charge in [-0.25, -0.2) is 9.97 Å². The normalized spacial score (nSPS) is 11.8. The van der Waals surface area contributed by atoms with Crippen LogP contribution in [0.1, 0.15) is 5.69 Å². The third kappa shape index (κ3) is 2.57. The van der Waals surface area contributed by atoms with E-state index in [4.69, 9.17) is 0 Å². The number of hydrogen-bond acceptors (Lipinski definition) is 4. The lowest BCUT2D eigenvalue weighted by Gasteiger charge is -2.04. The molecule has 0 saturated heterocycles. The lowest BCUT2D eigenvalue weighted by molar-refractivity contribution is -0.140. The molecule has 0 aliphatic carbocycles. The molecule has 1 aromatic carbocycles. The van der Waals surface area contributed by atoms with Crippen LogP contribution in [0, 0.1) is 0 Å². The van der Waals surface area contributed by atoms with Gasteiger partial charge in [-0.1, -0.05) is 24.3 Å². The second kappa shape index (κ2) is 4.75. The third-order valence-corrected chi connectivity index (χ3v) is 3.42. The predicted molar refractivity (Wildman–Crippen MR) is 72.1 cm³/mol. The zero-order valence-corrected chi connectivity index (χ0v) is 10.8. The first-order chi connectivity index (χ1) is 9.52. The van der Waals surface area contributed by atoms with Gasteiger partial charge in [0.05, 0.1) is 0 Å². The Morgan fingerprint density at radius 1 is 1.10 bits per heavy atom. The molecule has 0 fully saturated rings. The Kier molecular flexibility index (Phi) is 3.06. The van der Waals surface area contributed by atoms with Gasteiger partial charge in [0.25, 0.3) is 0 Å². The van der Waals surface area contributed by atoms with Gasteiger partial charge in [0.1, 0.15) is 5.82 Å². The van der Waals surface area contributed by atoms with E-state index in [1.54, 1.807) is 12.3 Å². The van der Waals surface area contributed by atoms with Crippen LogP contribution in [0.4, 0.5) is 24.1 Å². The van der Waals surface area contributed by atoms with Crippen LogP contribution in [-0.4, -0.2) is 9.97 Å². The molecule has 3 nitrogen and oxygen atoms in total. The molecule has 0 spiro atoms. The van der Waals surface area contributed by atoms with Gasteiger partial charge in [0.15, 0.2) is 10.8 Å². The molecule has 0 atom stereocenters. The summed E-state index contributed by atoms with van der Waals surface area (Å²) in [6.07, 6.45) is -2.76. The summed E-state index contributed by atoms with van der Waals surface area (Å²) in [6.45, 7) is 0. The van der Waals surface area contributed by atoms with Crippen LogP contribution in [0.3, 0.4) is 0 Å². The number of halogens is 3. The molecular formula is C13H8F3N3S. The number of nitrogens with zero attached hydrogens (tertiary/aromatic N) is 2. The minimum absolute atomic E-state index is 0.167. The summed E-state index contributed by atoms with van der Waals surface area (Å²) in [7, 11) is 0. The Morgan fingerprint density at radius 3 is 2.55 bits per heavy atom. The first-order valence-corrected chi connectivity index (χ1v) is 6.55. The third-order valence-electron chi connectivity index (χ3n) is 2.66. The molecule has 0 aliphatic rings. The standard InChI is InChI=1S/C13H8F3N3S/c14-13(15,16)10-7-20-12(18-10)19-11-5-8-3-1-2-4-9(8)6-17-11/h1-7H,(H,17,18,19). The summed E-state index contributed by atoms with van der Waals surface area (Å²) in [5.74, 6) is 0.465. The second-order valence-electron chi connectivity index (χ2n) is 4.08. The van der Waals surface area contributed by atoms with Gasteiger partial charge < -0.3 is 5.32 Å². The fourth-order valence-electron chi connectivity index (χ4n) is 1.72. The van der Waals surface area contributed by atoms with Crippen LogP contribution in [-0.2, 0) is 6.18 Å². The Morgan fingerprint density at radius 2 is 1.85 bits per heavy atom. The minimum atomic E-state index is -4.42. The van der Waals surface area contributed by atoms with Crippen molar-refractivity contribution in [3.63, 3.8) is 0 Å². The minimum Gasteiger partial charge on any atom is -0.316 e. The smallest absolute Gasteiger partial charge is 0.316 e. The quantitative estimate of drug-likeness (QED) is 0.758. The van der Waals surface area contributed by atoms with Gasteiger partial charge in [0.2, 0.25) is 0 Å². The SMILES string of the molecule is FC(F)(F)c1csc(Nc2cc3ccccc3cn2)n1. The number of benzene rings is 1. The molecule has 0 bridgehead atoms. The fraction of sp³-hybridized carbons (Fsp3) is 0.0769. The van der Waals surface area contributed by atoms with Crippen molar-refractivity contribution in [1.82, 2.24) is 9.97 Å². The topological polar surface area (TPSA) is 37.8 Å². The van der Waals surface area contributed by atoms with Crippen molar-refractivity contribution >= 4 is 33.1 Å². The highest BCUT2D eigenvalue weighted by molar-refractivity contribution is 7.13. The molecule has 20 heavy (non-hydrogen) atoms. The van der Waals surface area contributed by atoms with Crippen LogP contribution in [0.15, 0.2) is 41.9 Å². The highest BCUT2D eigenvalue weighted by atomic mass is 32.1. The molecule has 0 unspecified atom stereocenters. The van der Waals surface area contributed by atoms with Crippen molar-refractivity contribution < 1.29 is 13.2 Å². The molecule has 3 aromatic rings. The molecule has 1 N–H and O–H groups in total. The van der Waals surface area contributed by atoms with E-state index in [0.29, 0.717) is 5.82 Å². The monoisotopic (exact) mass is 295 g/mol. The molecule has 2 aromatic heterocycles. The Balaban J connectivity index is 1.87. The van der Waals surface area contributed by atoms with Crippen LogP contribution in [0.25, 0.3) is 10.8 Å². The highest BCUT2D eigenvalue weighted by Crippen LogP contribution is 2.32. The Labute approximate surface area is 116 Å². The predicted octanol–water partition coefficient (Wildman–Crippen LogP) is 4.45. The first-order valence-electron chi connectivity index (χ1n) is 5.67. The summed E-state index contributed by atoms with van der Waals surface area (Å²) < 4.78 is 37.3. The highest BCUT2D eigenvalue weighted by Gasteiger charge is 2.33. The maximum atomic E-state index is 12.4. The number of rotatable bonds is 2. The van der Waals surface area contributed by atoms with Crippen LogP contribution in [0.5, 0.6) is 0 Å².